The fourth-order valence-corrected chi connectivity index (χ4v) is 17.0. The quantitative estimate of drug-likeness (QED) is 0.0594. The number of aliphatic hydroxyl groups excluding tert-OH is 2. The molecule has 2 aliphatic heterocycles. The maximum absolute atomic E-state index is 15.2. The van der Waals surface area contributed by atoms with Gasteiger partial charge in [-0.3, -0.25) is 33.6 Å². The number of nitrogens with two attached hydrogens (primary N) is 1. The highest BCUT2D eigenvalue weighted by Gasteiger charge is 2.46. The Morgan fingerprint density at radius 1 is 0.717 bits per heavy atom. The Hall–Kier alpha value is -8.42. The fourth-order valence-electron chi connectivity index (χ4n) is 11.7. The highest BCUT2D eigenvalue weighted by Crippen LogP contribution is 2.44. The first-order valence-electron chi connectivity index (χ1n) is 29.4. The van der Waals surface area contributed by atoms with Crippen LogP contribution in [0.4, 0.5) is 0 Å². The minimum absolute atomic E-state index is 0.00118. The number of primary amides is 1. The summed E-state index contributed by atoms with van der Waals surface area (Å²) < 4.78 is 4.94. The number of aliphatic hydroxyl groups is 2. The number of fused-ring (bicyclic) bond motifs is 16. The highest BCUT2D eigenvalue weighted by molar-refractivity contribution is 7.15. The number of carbonyl (C=O) groups is 7. The van der Waals surface area contributed by atoms with Gasteiger partial charge in [-0.1, -0.05) is 49.4 Å². The highest BCUT2D eigenvalue weighted by atomic mass is 32.1. The van der Waals surface area contributed by atoms with Crippen molar-refractivity contribution in [2.75, 3.05) is 20.2 Å². The number of aromatic hydroxyl groups is 1. The number of aryl methyl sites for hydroxylation is 1. The normalized spacial score (nSPS) is 21.6. The van der Waals surface area contributed by atoms with Crippen molar-refractivity contribution in [1.82, 2.24) is 55.7 Å². The second kappa shape index (κ2) is 27.4. The topological polar surface area (TPSA) is 345 Å². The van der Waals surface area contributed by atoms with Gasteiger partial charge in [0.15, 0.2) is 5.78 Å². The molecule has 23 nitrogen and oxygen atoms in total. The van der Waals surface area contributed by atoms with Gasteiger partial charge in [-0.2, -0.15) is 0 Å². The van der Waals surface area contributed by atoms with Gasteiger partial charge in [-0.15, -0.1) is 68.0 Å². The number of pyridine rings is 1. The summed E-state index contributed by atoms with van der Waals surface area (Å²) in [6.45, 7) is 3.84. The van der Waals surface area contributed by atoms with Crippen LogP contribution in [-0.4, -0.2) is 129 Å². The Morgan fingerprint density at radius 2 is 1.37 bits per heavy atom. The molecular weight excluding hydrogens is 1290 g/mol. The molecule has 29 heteroatoms. The molecule has 2 fully saturated rings. The third-order valence-corrected chi connectivity index (χ3v) is 22.2. The van der Waals surface area contributed by atoms with E-state index in [4.69, 9.17) is 45.4 Å². The number of benzene rings is 2. The van der Waals surface area contributed by atoms with E-state index in [0.717, 1.165) is 46.9 Å². The van der Waals surface area contributed by atoms with Crippen LogP contribution in [0, 0.1) is 24.7 Å². The van der Waals surface area contributed by atoms with E-state index in [9.17, 15) is 44.1 Å². The van der Waals surface area contributed by atoms with E-state index in [2.05, 4.69) is 16.0 Å². The Morgan fingerprint density at radius 3 is 2.12 bits per heavy atom. The molecule has 7 atom stereocenters. The zero-order valence-electron chi connectivity index (χ0n) is 49.5. The fraction of sp³-hybridized carbons (Fsp3) is 0.333. The number of aromatic nitrogens is 7. The van der Waals surface area contributed by atoms with Crippen LogP contribution in [0.25, 0.3) is 43.4 Å². The van der Waals surface area contributed by atoms with Crippen LogP contribution in [0.3, 0.4) is 0 Å². The molecule has 0 unspecified atom stereocenters. The van der Waals surface area contributed by atoms with E-state index >= 15 is 4.79 Å². The standard InChI is InChI=1S/C63H60N12O11S6/c1-29-47(78)23-75-51(29)61-73-45(28-91-61)59-69-41(24-89-59)50-36(17-18-38(66-50)58-72-42(25-90-58)53(81)65-22-32-9-13-34(14-10-32)63(85)86-3)56-70-43(26-87-56)54(82)67-39(21-48(64)79)60-74-49(30(2)92-60)46(77)20-37(52(80)33-7-5-4-6-8-33)57-71-44(27-88-57)55(83)68-40(62(75)84)19-31-11-15-35(76)16-12-31/h4-8,11-12,15-18,24-29,32,34,37,39-40,47,51-52,76,78,80H,9-10,13-14,19-23H2,1-3H3,(H2,64,79)(H,65,81)(H,67,82)(H,68,83)/t29-,32?,34?,37-,39-,40-,47-,51-,52+/m0/s1. The molecule has 1 saturated heterocycles. The van der Waals surface area contributed by atoms with Crippen molar-refractivity contribution in [2.45, 2.75) is 95.0 Å². The molecule has 1 saturated carbocycles. The predicted molar refractivity (Wildman–Crippen MR) is 347 cm³/mol. The monoisotopic (exact) mass is 1350 g/mol. The van der Waals surface area contributed by atoms with Gasteiger partial charge < -0.3 is 46.6 Å². The summed E-state index contributed by atoms with van der Waals surface area (Å²) in [5, 5.41) is 53.2. The zero-order chi connectivity index (χ0) is 64.5. The average Bonchev–Trinajstić information content (AvgIpc) is 1.78. The van der Waals surface area contributed by atoms with Gasteiger partial charge in [-0.05, 0) is 73.9 Å². The summed E-state index contributed by atoms with van der Waals surface area (Å²) >= 11 is 7.08. The number of esters is 1. The van der Waals surface area contributed by atoms with Crippen LogP contribution < -0.4 is 21.7 Å². The smallest absolute Gasteiger partial charge is 0.308 e. The van der Waals surface area contributed by atoms with Crippen molar-refractivity contribution in [3.05, 3.63) is 147 Å². The molecule has 92 heavy (non-hydrogen) atoms. The molecule has 0 spiro atoms. The zero-order valence-corrected chi connectivity index (χ0v) is 54.4. The molecule has 3 aliphatic rings. The number of hydrogen-bond acceptors (Lipinski definition) is 24. The Bertz CT molecular complexity index is 4250. The third-order valence-electron chi connectivity index (χ3n) is 16.7. The van der Waals surface area contributed by atoms with Crippen molar-refractivity contribution < 1.29 is 53.6 Å². The Balaban J connectivity index is 0.915. The molecule has 7 aromatic heterocycles. The molecule has 5 amide bonds. The van der Waals surface area contributed by atoms with E-state index in [1.807, 2.05) is 12.3 Å². The third kappa shape index (κ3) is 13.7. The number of rotatable bonds is 11. The number of hydrogen-bond donors (Lipinski definition) is 7. The Labute approximate surface area is 550 Å². The number of thiazole rings is 6. The SMILES string of the molecule is COC(=O)C1CCC(CNC(=O)c2csc(-c3ccc4c(n3)-c3csc(n3)-c3csc(n3)[C@@H]3[C@@H](C)[C@@H](O)CN3C(=O)[C@H](Cc3ccc(O)cc3)NC(=O)c3csc(n3)[C@H]([C@H](O)c3ccccc3)CC(=O)c3nc(sc3C)[C@H](CC(N)=O)NC(=O)c3csc-4n3)n2)CC1. The van der Waals surface area contributed by atoms with Crippen LogP contribution in [0.15, 0.2) is 93.6 Å². The van der Waals surface area contributed by atoms with Crippen molar-refractivity contribution in [3.63, 3.8) is 0 Å². The van der Waals surface area contributed by atoms with E-state index in [1.54, 1.807) is 77.7 Å². The van der Waals surface area contributed by atoms with Crippen LogP contribution in [-0.2, 0) is 25.5 Å². The largest absolute Gasteiger partial charge is 0.508 e. The summed E-state index contributed by atoms with van der Waals surface area (Å²) in [6.07, 6.45) is -0.0985. The van der Waals surface area contributed by atoms with Crippen molar-refractivity contribution in [3.8, 4) is 49.1 Å². The van der Waals surface area contributed by atoms with Gasteiger partial charge in [0, 0.05) is 75.1 Å². The lowest BCUT2D eigenvalue weighted by molar-refractivity contribution is -0.146. The van der Waals surface area contributed by atoms with E-state index < -0.39 is 71.6 Å². The van der Waals surface area contributed by atoms with Crippen molar-refractivity contribution >= 4 is 109 Å². The second-order valence-electron chi connectivity index (χ2n) is 22.8. The number of Topliss-reactive ketones (excluding diaryl/α,β-unsaturated/α-hetero) is 1. The number of nitrogens with zero attached hydrogens (tertiary/aromatic N) is 8. The summed E-state index contributed by atoms with van der Waals surface area (Å²) in [5.74, 6) is -5.21. The molecule has 9 aromatic rings. The number of methoxy groups -OCH3 is 1. The number of nitrogens with one attached hydrogen (secondary N) is 3. The number of phenolic OH excluding ortho intramolecular Hbond substituents is 1. The van der Waals surface area contributed by atoms with Gasteiger partial charge in [0.2, 0.25) is 11.8 Å². The summed E-state index contributed by atoms with van der Waals surface area (Å²) in [4.78, 5) is 133. The lowest BCUT2D eigenvalue weighted by atomic mass is 9.82. The number of phenols is 1. The lowest BCUT2D eigenvalue weighted by Crippen LogP contribution is -2.50. The van der Waals surface area contributed by atoms with Crippen LogP contribution in [0.2, 0.25) is 0 Å². The maximum Gasteiger partial charge on any atom is 0.308 e. The molecule has 1 aliphatic carbocycles. The molecule has 9 heterocycles. The van der Waals surface area contributed by atoms with Crippen LogP contribution in [0.5, 0.6) is 5.75 Å². The maximum atomic E-state index is 15.2. The van der Waals surface area contributed by atoms with Gasteiger partial charge in [0.1, 0.15) is 76.7 Å². The number of ether oxygens (including phenoxy) is 1. The molecule has 0 radical (unpaired) electrons. The first-order chi connectivity index (χ1) is 44.3. The second-order valence-corrected chi connectivity index (χ2v) is 28.4. The van der Waals surface area contributed by atoms with Gasteiger partial charge in [-0.25, -0.2) is 34.9 Å². The van der Waals surface area contributed by atoms with E-state index in [0.29, 0.717) is 83.8 Å². The Kier molecular flexibility index (Phi) is 19.0. The molecule has 2 aromatic carbocycles. The van der Waals surface area contributed by atoms with Crippen LogP contribution >= 0.6 is 68.0 Å². The summed E-state index contributed by atoms with van der Waals surface area (Å²) in [7, 11) is 1.39. The van der Waals surface area contributed by atoms with Gasteiger partial charge in [0.05, 0.1) is 54.4 Å². The summed E-state index contributed by atoms with van der Waals surface area (Å²) in [5.41, 5.74) is 9.14. The number of carbonyl (C=O) groups excluding carboxylic acids is 7. The summed E-state index contributed by atoms with van der Waals surface area (Å²) in [6, 6.07) is 15.3. The number of amides is 5. The van der Waals surface area contributed by atoms with Gasteiger partial charge >= 0.3 is 5.97 Å². The van der Waals surface area contributed by atoms with Crippen LogP contribution in [0.1, 0.15) is 143 Å². The first-order valence-corrected chi connectivity index (χ1v) is 34.6. The molecule has 474 valence electrons. The predicted octanol–water partition coefficient (Wildman–Crippen LogP) is 8.88. The molecule has 12 rings (SSSR count). The van der Waals surface area contributed by atoms with Crippen molar-refractivity contribution in [1.29, 1.82) is 0 Å². The molecule has 8 N–H and O–H groups in total. The molecule has 10 bridgehead atoms. The minimum Gasteiger partial charge on any atom is -0.508 e. The van der Waals surface area contributed by atoms with Gasteiger partial charge in [0.25, 0.3) is 17.7 Å². The minimum atomic E-state index is -1.30. The average molecular weight is 1350 g/mol. The van der Waals surface area contributed by atoms with E-state index in [1.165, 1.54) is 63.5 Å². The first kappa shape index (κ1) is 63.7. The molecular formula is C63H60N12O11S6. The van der Waals surface area contributed by atoms with E-state index in [-0.39, 0.29) is 88.1 Å². The lowest BCUT2D eigenvalue weighted by Gasteiger charge is -2.29. The number of ketones is 1. The van der Waals surface area contributed by atoms with Crippen molar-refractivity contribution in [2.24, 2.45) is 23.5 Å².